The number of benzene rings is 1. The molecule has 2 fully saturated rings. The van der Waals surface area contributed by atoms with Gasteiger partial charge in [-0.05, 0) is 67.2 Å². The Kier molecular flexibility index (Phi) is 5.20. The maximum Gasteiger partial charge on any atom is 0.278 e. The van der Waals surface area contributed by atoms with Crippen molar-refractivity contribution in [2.75, 3.05) is 44.7 Å². The molecule has 172 valence electrons. The molecule has 1 atom stereocenters. The molecule has 1 aromatic heterocycles. The van der Waals surface area contributed by atoms with Crippen LogP contribution in [0.1, 0.15) is 41.5 Å². The number of hydrogen-bond acceptors (Lipinski definition) is 7. The molecule has 2 N–H and O–H groups in total. The van der Waals surface area contributed by atoms with Gasteiger partial charge in [-0.3, -0.25) is 4.90 Å². The van der Waals surface area contributed by atoms with Crippen molar-refractivity contribution >= 4 is 21.7 Å². The summed E-state index contributed by atoms with van der Waals surface area (Å²) in [6.07, 6.45) is 7.50. The van der Waals surface area contributed by atoms with Crippen LogP contribution in [-0.4, -0.2) is 78.2 Å². The molecule has 2 aromatic rings. The molecule has 2 aliphatic heterocycles. The normalized spacial score (nSPS) is 24.1. The number of aryl methyl sites for hydroxylation is 2. The first-order valence-corrected chi connectivity index (χ1v) is 13.2. The second kappa shape index (κ2) is 8.09. The maximum atomic E-state index is 13.2. The van der Waals surface area contributed by atoms with E-state index >= 15 is 0 Å². The van der Waals surface area contributed by atoms with Crippen LogP contribution in [0, 0.1) is 0 Å². The lowest BCUT2D eigenvalue weighted by Crippen LogP contribution is -2.45. The summed E-state index contributed by atoms with van der Waals surface area (Å²) in [5.41, 5.74) is 6.66. The lowest BCUT2D eigenvalue weighted by Gasteiger charge is -2.31. The molecule has 0 saturated carbocycles. The zero-order chi connectivity index (χ0) is 21.7. The fraction of sp³-hybridized carbons (Fsp3) is 0.636. The number of sulfonamides is 1. The zero-order valence-corrected chi connectivity index (χ0v) is 19.1. The van der Waals surface area contributed by atoms with E-state index in [9.17, 15) is 8.42 Å². The smallest absolute Gasteiger partial charge is 0.278 e. The number of aromatic amines is 1. The first-order valence-electron chi connectivity index (χ1n) is 11.8. The van der Waals surface area contributed by atoms with E-state index < -0.39 is 10.0 Å². The third kappa shape index (κ3) is 3.53. The Morgan fingerprint density at radius 1 is 1.03 bits per heavy atom. The summed E-state index contributed by atoms with van der Waals surface area (Å²) in [5, 5.41) is 10.2. The summed E-state index contributed by atoms with van der Waals surface area (Å²) < 4.78 is 33.4. The van der Waals surface area contributed by atoms with Gasteiger partial charge in [0.05, 0.1) is 13.2 Å². The van der Waals surface area contributed by atoms with Crippen LogP contribution in [0.4, 0.5) is 11.6 Å². The van der Waals surface area contributed by atoms with Gasteiger partial charge in [-0.1, -0.05) is 6.07 Å². The lowest BCUT2D eigenvalue weighted by molar-refractivity contribution is 0.0196. The molecule has 3 heterocycles. The minimum atomic E-state index is -3.70. The van der Waals surface area contributed by atoms with Gasteiger partial charge in [-0.2, -0.15) is 9.29 Å². The predicted octanol–water partition coefficient (Wildman–Crippen LogP) is 1.62. The molecular weight excluding hydrogens is 428 g/mol. The molecule has 0 spiro atoms. The largest absolute Gasteiger partial charge is 0.379 e. The Morgan fingerprint density at radius 2 is 1.75 bits per heavy atom. The van der Waals surface area contributed by atoms with Crippen LogP contribution >= 0.6 is 0 Å². The van der Waals surface area contributed by atoms with Crippen molar-refractivity contribution in [3.63, 3.8) is 0 Å². The summed E-state index contributed by atoms with van der Waals surface area (Å²) in [7, 11) is -3.70. The molecule has 0 bridgehead atoms. The summed E-state index contributed by atoms with van der Waals surface area (Å²) in [6, 6.07) is 2.62. The van der Waals surface area contributed by atoms with Crippen molar-refractivity contribution in [2.45, 2.75) is 56.1 Å². The minimum Gasteiger partial charge on any atom is -0.379 e. The number of nitrogens with one attached hydrogen (secondary N) is 2. The molecule has 9 nitrogen and oxygen atoms in total. The molecule has 2 aliphatic carbocycles. The summed E-state index contributed by atoms with van der Waals surface area (Å²) in [6.45, 7) is 4.15. The monoisotopic (exact) mass is 458 g/mol. The second-order valence-corrected chi connectivity index (χ2v) is 11.1. The van der Waals surface area contributed by atoms with Crippen LogP contribution in [-0.2, 0) is 40.4 Å². The van der Waals surface area contributed by atoms with E-state index in [1.165, 1.54) is 39.4 Å². The molecule has 10 heteroatoms. The number of ether oxygens (including phenoxy) is 1. The number of anilines is 2. The van der Waals surface area contributed by atoms with Crippen LogP contribution in [0.3, 0.4) is 0 Å². The van der Waals surface area contributed by atoms with Gasteiger partial charge in [0.2, 0.25) is 5.95 Å². The molecule has 32 heavy (non-hydrogen) atoms. The standard InChI is InChI=1S/C22H30N6O3S/c29-32(30,28-8-7-17(14-28)27-9-11-31-12-10-27)22-24-21(25-26-22)23-20-18-5-1-3-15(18)13-16-4-2-6-19(16)20/h13,17H,1-12,14H2,(H2,23,24,25,26). The number of fused-ring (bicyclic) bond motifs is 2. The van der Waals surface area contributed by atoms with E-state index in [2.05, 4.69) is 31.5 Å². The summed E-state index contributed by atoms with van der Waals surface area (Å²) in [4.78, 5) is 6.71. The molecule has 1 aromatic carbocycles. The van der Waals surface area contributed by atoms with Gasteiger partial charge in [-0.15, -0.1) is 5.10 Å². The van der Waals surface area contributed by atoms with Crippen LogP contribution in [0.15, 0.2) is 11.2 Å². The van der Waals surface area contributed by atoms with Crippen molar-refractivity contribution < 1.29 is 13.2 Å². The quantitative estimate of drug-likeness (QED) is 0.702. The van der Waals surface area contributed by atoms with Gasteiger partial charge >= 0.3 is 0 Å². The fourth-order valence-corrected chi connectivity index (χ4v) is 7.11. The number of rotatable bonds is 5. The van der Waals surface area contributed by atoms with Gasteiger partial charge in [0.1, 0.15) is 0 Å². The third-order valence-electron chi connectivity index (χ3n) is 7.45. The van der Waals surface area contributed by atoms with E-state index in [1.807, 2.05) is 0 Å². The highest BCUT2D eigenvalue weighted by molar-refractivity contribution is 7.89. The van der Waals surface area contributed by atoms with E-state index in [1.54, 1.807) is 0 Å². The molecule has 6 rings (SSSR count). The second-order valence-electron chi connectivity index (χ2n) is 9.28. The van der Waals surface area contributed by atoms with Crippen LogP contribution in [0.25, 0.3) is 0 Å². The first-order chi connectivity index (χ1) is 15.6. The van der Waals surface area contributed by atoms with Crippen LogP contribution < -0.4 is 5.32 Å². The van der Waals surface area contributed by atoms with E-state index in [-0.39, 0.29) is 11.2 Å². The molecular formula is C22H30N6O3S. The van der Waals surface area contributed by atoms with Crippen LogP contribution in [0.2, 0.25) is 0 Å². The number of aromatic nitrogens is 3. The van der Waals surface area contributed by atoms with Gasteiger partial charge in [-0.25, -0.2) is 13.5 Å². The third-order valence-corrected chi connectivity index (χ3v) is 9.13. The fourth-order valence-electron chi connectivity index (χ4n) is 5.79. The first kappa shape index (κ1) is 20.6. The molecule has 1 unspecified atom stereocenters. The highest BCUT2D eigenvalue weighted by atomic mass is 32.2. The van der Waals surface area contributed by atoms with Gasteiger partial charge in [0, 0.05) is 37.9 Å². The van der Waals surface area contributed by atoms with Gasteiger partial charge < -0.3 is 10.1 Å². The molecule has 2 saturated heterocycles. The van der Waals surface area contributed by atoms with Crippen molar-refractivity contribution in [3.8, 4) is 0 Å². The highest BCUT2D eigenvalue weighted by Gasteiger charge is 2.37. The average molecular weight is 459 g/mol. The lowest BCUT2D eigenvalue weighted by atomic mass is 9.99. The van der Waals surface area contributed by atoms with Gasteiger partial charge in [0.15, 0.2) is 0 Å². The Labute approximate surface area is 188 Å². The van der Waals surface area contributed by atoms with Crippen molar-refractivity contribution in [1.29, 1.82) is 0 Å². The predicted molar refractivity (Wildman–Crippen MR) is 120 cm³/mol. The number of hydrogen-bond donors (Lipinski definition) is 2. The number of morpholine rings is 1. The van der Waals surface area contributed by atoms with Gasteiger partial charge in [0.25, 0.3) is 15.2 Å². The highest BCUT2D eigenvalue weighted by Crippen LogP contribution is 2.39. The Bertz CT molecular complexity index is 1090. The number of nitrogens with zero attached hydrogens (tertiary/aromatic N) is 4. The maximum absolute atomic E-state index is 13.2. The number of H-pyrrole nitrogens is 1. The topological polar surface area (TPSA) is 103 Å². The van der Waals surface area contributed by atoms with Crippen molar-refractivity contribution in [1.82, 2.24) is 24.4 Å². The molecule has 0 amide bonds. The Hall–Kier alpha value is -2.01. The van der Waals surface area contributed by atoms with Crippen LogP contribution in [0.5, 0.6) is 0 Å². The van der Waals surface area contributed by atoms with E-state index in [4.69, 9.17) is 4.74 Å². The molecule has 4 aliphatic rings. The minimum absolute atomic E-state index is 0.0770. The van der Waals surface area contributed by atoms with Crippen molar-refractivity contribution in [3.05, 3.63) is 28.3 Å². The Balaban J connectivity index is 1.21. The van der Waals surface area contributed by atoms with E-state index in [0.717, 1.165) is 50.9 Å². The van der Waals surface area contributed by atoms with E-state index in [0.29, 0.717) is 32.3 Å². The molecule has 0 radical (unpaired) electrons. The average Bonchev–Trinajstić information content (AvgIpc) is 3.60. The summed E-state index contributed by atoms with van der Waals surface area (Å²) >= 11 is 0. The van der Waals surface area contributed by atoms with Crippen molar-refractivity contribution in [2.24, 2.45) is 0 Å². The zero-order valence-electron chi connectivity index (χ0n) is 18.3. The Morgan fingerprint density at radius 3 is 2.47 bits per heavy atom. The SMILES string of the molecule is O=S(=O)(c1nc(Nc2c3c(cc4c2CCC4)CCC3)n[nH]1)N1CCC(N2CCOCC2)C1. The summed E-state index contributed by atoms with van der Waals surface area (Å²) in [5.74, 6) is 0.335.